The van der Waals surface area contributed by atoms with E-state index in [4.69, 9.17) is 4.74 Å². The Kier molecular flexibility index (Phi) is 4.19. The van der Waals surface area contributed by atoms with Crippen LogP contribution in [0.25, 0.3) is 11.1 Å². The lowest BCUT2D eigenvalue weighted by molar-refractivity contribution is 0.300. The van der Waals surface area contributed by atoms with E-state index in [0.717, 1.165) is 17.0 Å². The minimum atomic E-state index is 0.490. The summed E-state index contributed by atoms with van der Waals surface area (Å²) in [7, 11) is 0. The fraction of sp³-hybridized carbons (Fsp3) is 0.150. The molecule has 0 aliphatic heterocycles. The molecule has 0 fully saturated rings. The molecule has 0 saturated heterocycles. The molecular weight excluding hydrogens is 270 g/mol. The predicted octanol–water partition coefficient (Wildman–Crippen LogP) is 4.94. The van der Waals surface area contributed by atoms with Crippen LogP contribution in [0, 0.1) is 13.8 Å². The lowest BCUT2D eigenvalue weighted by Crippen LogP contribution is -2.00. The summed E-state index contributed by atoms with van der Waals surface area (Å²) >= 11 is 0. The summed E-state index contributed by atoms with van der Waals surface area (Å²) in [5.74, 6) is 0.866. The van der Waals surface area contributed by atoms with E-state index in [1.54, 1.807) is 6.20 Å². The molecule has 110 valence electrons. The Morgan fingerprint density at radius 3 is 2.50 bits per heavy atom. The van der Waals surface area contributed by atoms with Gasteiger partial charge in [-0.2, -0.15) is 0 Å². The van der Waals surface area contributed by atoms with Gasteiger partial charge in [0.05, 0.1) is 5.69 Å². The zero-order chi connectivity index (χ0) is 15.4. The van der Waals surface area contributed by atoms with E-state index in [9.17, 15) is 0 Å². The van der Waals surface area contributed by atoms with Crippen molar-refractivity contribution < 1.29 is 4.74 Å². The Labute approximate surface area is 131 Å². The number of aromatic nitrogens is 1. The fourth-order valence-electron chi connectivity index (χ4n) is 2.47. The maximum Gasteiger partial charge on any atom is 0.130 e. The maximum absolute atomic E-state index is 5.91. The Bertz CT molecular complexity index is 780. The van der Waals surface area contributed by atoms with Crippen molar-refractivity contribution in [1.82, 2.24) is 4.98 Å². The lowest BCUT2D eigenvalue weighted by Gasteiger charge is -2.10. The van der Waals surface area contributed by atoms with Gasteiger partial charge in [-0.1, -0.05) is 42.5 Å². The third kappa shape index (κ3) is 3.17. The first-order valence-electron chi connectivity index (χ1n) is 7.43. The van der Waals surface area contributed by atoms with Gasteiger partial charge in [-0.25, -0.2) is 0 Å². The summed E-state index contributed by atoms with van der Waals surface area (Å²) in [6, 6.07) is 20.6. The van der Waals surface area contributed by atoms with E-state index < -0.39 is 0 Å². The zero-order valence-electron chi connectivity index (χ0n) is 12.9. The van der Waals surface area contributed by atoms with Gasteiger partial charge in [0.1, 0.15) is 12.4 Å². The molecule has 3 rings (SSSR count). The fourth-order valence-corrected chi connectivity index (χ4v) is 2.47. The quantitative estimate of drug-likeness (QED) is 0.678. The van der Waals surface area contributed by atoms with Crippen LogP contribution in [0.1, 0.15) is 16.8 Å². The Morgan fingerprint density at radius 2 is 1.68 bits per heavy atom. The van der Waals surface area contributed by atoms with E-state index in [2.05, 4.69) is 61.3 Å². The van der Waals surface area contributed by atoms with Crippen LogP contribution in [0.4, 0.5) is 0 Å². The van der Waals surface area contributed by atoms with Crippen molar-refractivity contribution in [1.29, 1.82) is 0 Å². The van der Waals surface area contributed by atoms with Gasteiger partial charge in [0, 0.05) is 6.20 Å². The number of hydrogen-bond donors (Lipinski definition) is 0. The number of hydrogen-bond acceptors (Lipinski definition) is 2. The summed E-state index contributed by atoms with van der Waals surface area (Å²) < 4.78 is 5.91. The summed E-state index contributed by atoms with van der Waals surface area (Å²) in [5, 5.41) is 0. The van der Waals surface area contributed by atoms with Crippen molar-refractivity contribution in [2.24, 2.45) is 0 Å². The molecule has 2 heteroatoms. The van der Waals surface area contributed by atoms with Crippen molar-refractivity contribution >= 4 is 0 Å². The molecule has 0 N–H and O–H groups in total. The normalized spacial score (nSPS) is 10.5. The Balaban J connectivity index is 1.80. The van der Waals surface area contributed by atoms with Crippen LogP contribution in [-0.2, 0) is 6.61 Å². The second-order valence-electron chi connectivity index (χ2n) is 5.40. The first kappa shape index (κ1) is 14.3. The highest BCUT2D eigenvalue weighted by Crippen LogP contribution is 2.26. The molecule has 0 radical (unpaired) electrons. The van der Waals surface area contributed by atoms with Crippen LogP contribution in [-0.4, -0.2) is 4.98 Å². The minimum absolute atomic E-state index is 0.490. The number of benzene rings is 2. The molecule has 1 aromatic heterocycles. The molecule has 0 amide bonds. The van der Waals surface area contributed by atoms with Gasteiger partial charge in [0.2, 0.25) is 0 Å². The average Bonchev–Trinajstić information content (AvgIpc) is 2.55. The molecule has 0 aliphatic rings. The van der Waals surface area contributed by atoms with Crippen LogP contribution in [0.5, 0.6) is 5.75 Å². The first-order valence-corrected chi connectivity index (χ1v) is 7.43. The summed E-state index contributed by atoms with van der Waals surface area (Å²) in [4.78, 5) is 4.36. The van der Waals surface area contributed by atoms with Crippen LogP contribution >= 0.6 is 0 Å². The molecule has 0 atom stereocenters. The molecular formula is C20H19NO. The molecule has 0 bridgehead atoms. The van der Waals surface area contributed by atoms with Crippen molar-refractivity contribution in [3.05, 3.63) is 83.7 Å². The second-order valence-corrected chi connectivity index (χ2v) is 5.40. The van der Waals surface area contributed by atoms with Gasteiger partial charge in [-0.05, 0) is 54.3 Å². The van der Waals surface area contributed by atoms with E-state index in [0.29, 0.717) is 6.61 Å². The highest BCUT2D eigenvalue weighted by Gasteiger charge is 2.04. The van der Waals surface area contributed by atoms with Gasteiger partial charge in [-0.15, -0.1) is 0 Å². The van der Waals surface area contributed by atoms with E-state index in [1.807, 2.05) is 18.2 Å². The predicted molar refractivity (Wildman–Crippen MR) is 89.9 cm³/mol. The van der Waals surface area contributed by atoms with Gasteiger partial charge >= 0.3 is 0 Å². The monoisotopic (exact) mass is 289 g/mol. The highest BCUT2D eigenvalue weighted by atomic mass is 16.5. The molecule has 0 spiro atoms. The van der Waals surface area contributed by atoms with E-state index in [1.165, 1.54) is 16.7 Å². The van der Waals surface area contributed by atoms with Crippen LogP contribution in [0.3, 0.4) is 0 Å². The molecule has 1 heterocycles. The SMILES string of the molecule is Cc1ccccc1-c1cccc(OCc2ncccc2C)c1. The smallest absolute Gasteiger partial charge is 0.130 e. The third-order valence-electron chi connectivity index (χ3n) is 3.78. The molecule has 22 heavy (non-hydrogen) atoms. The van der Waals surface area contributed by atoms with Crippen molar-refractivity contribution in [3.63, 3.8) is 0 Å². The van der Waals surface area contributed by atoms with Crippen LogP contribution in [0.2, 0.25) is 0 Å². The number of pyridine rings is 1. The lowest BCUT2D eigenvalue weighted by atomic mass is 10.0. The van der Waals surface area contributed by atoms with Gasteiger partial charge in [0.25, 0.3) is 0 Å². The summed E-state index contributed by atoms with van der Waals surface area (Å²) in [6.07, 6.45) is 1.80. The first-order chi connectivity index (χ1) is 10.7. The second kappa shape index (κ2) is 6.44. The number of nitrogens with zero attached hydrogens (tertiary/aromatic N) is 1. The number of ether oxygens (including phenoxy) is 1. The van der Waals surface area contributed by atoms with Gasteiger partial charge < -0.3 is 4.74 Å². The number of rotatable bonds is 4. The molecule has 0 aliphatic carbocycles. The largest absolute Gasteiger partial charge is 0.487 e. The number of aryl methyl sites for hydroxylation is 2. The third-order valence-corrected chi connectivity index (χ3v) is 3.78. The summed E-state index contributed by atoms with van der Waals surface area (Å²) in [5.41, 5.74) is 5.80. The molecule has 0 saturated carbocycles. The average molecular weight is 289 g/mol. The van der Waals surface area contributed by atoms with Crippen molar-refractivity contribution in [2.75, 3.05) is 0 Å². The van der Waals surface area contributed by atoms with Crippen molar-refractivity contribution in [2.45, 2.75) is 20.5 Å². The molecule has 3 aromatic rings. The van der Waals surface area contributed by atoms with Gasteiger partial charge in [0.15, 0.2) is 0 Å². The maximum atomic E-state index is 5.91. The van der Waals surface area contributed by atoms with Gasteiger partial charge in [-0.3, -0.25) is 4.98 Å². The highest BCUT2D eigenvalue weighted by molar-refractivity contribution is 5.68. The van der Waals surface area contributed by atoms with E-state index in [-0.39, 0.29) is 0 Å². The Morgan fingerprint density at radius 1 is 0.864 bits per heavy atom. The van der Waals surface area contributed by atoms with Crippen molar-refractivity contribution in [3.8, 4) is 16.9 Å². The Hall–Kier alpha value is -2.61. The standard InChI is InChI=1S/C20H19NO/c1-15-7-3-4-11-19(15)17-9-5-10-18(13-17)22-14-20-16(2)8-6-12-21-20/h3-13H,14H2,1-2H3. The zero-order valence-corrected chi connectivity index (χ0v) is 12.9. The topological polar surface area (TPSA) is 22.1 Å². The van der Waals surface area contributed by atoms with Crippen LogP contribution < -0.4 is 4.74 Å². The van der Waals surface area contributed by atoms with E-state index >= 15 is 0 Å². The summed E-state index contributed by atoms with van der Waals surface area (Å²) in [6.45, 7) is 4.67. The molecule has 2 nitrogen and oxygen atoms in total. The van der Waals surface area contributed by atoms with Crippen LogP contribution in [0.15, 0.2) is 66.9 Å². The molecule has 2 aromatic carbocycles. The minimum Gasteiger partial charge on any atom is -0.487 e. The molecule has 0 unspecified atom stereocenters.